The van der Waals surface area contributed by atoms with E-state index in [1.54, 1.807) is 10.7 Å². The van der Waals surface area contributed by atoms with Crippen molar-refractivity contribution in [3.8, 4) is 0 Å². The lowest BCUT2D eigenvalue weighted by Crippen LogP contribution is -2.40. The second-order valence-electron chi connectivity index (χ2n) is 6.86. The Kier molecular flexibility index (Phi) is 4.79. The number of likely N-dealkylation sites (tertiary alicyclic amines) is 1. The zero-order chi connectivity index (χ0) is 18.1. The number of carbonyl (C=O) groups excluding carboxylic acids is 1. The van der Waals surface area contributed by atoms with E-state index in [1.807, 2.05) is 38.8 Å². The van der Waals surface area contributed by atoms with E-state index >= 15 is 0 Å². The zero-order valence-electron chi connectivity index (χ0n) is 15.3. The van der Waals surface area contributed by atoms with Gasteiger partial charge in [-0.3, -0.25) is 4.68 Å². The molecule has 3 rings (SSSR count). The van der Waals surface area contributed by atoms with E-state index in [2.05, 4.69) is 10.4 Å². The van der Waals surface area contributed by atoms with Crippen molar-refractivity contribution in [1.82, 2.24) is 14.7 Å². The number of carbonyl (C=O) groups is 1. The standard InChI is InChI=1S/C19H25FN4O/c1-12-11-16(20)5-6-17(12)15-7-9-24(10-8-15)19(25)21-18-13(2)22-23(4)14(18)3/h5-6,11,15H,7-10H2,1-4H3,(H,21,25). The van der Waals surface area contributed by atoms with Gasteiger partial charge in [0.15, 0.2) is 0 Å². The number of rotatable bonds is 2. The van der Waals surface area contributed by atoms with Crippen LogP contribution in [0, 0.1) is 26.6 Å². The van der Waals surface area contributed by atoms with Gasteiger partial charge in [0.25, 0.3) is 0 Å². The highest BCUT2D eigenvalue weighted by Gasteiger charge is 2.25. The molecule has 1 fully saturated rings. The minimum atomic E-state index is -0.194. The third-order valence-electron chi connectivity index (χ3n) is 5.19. The molecule has 1 N–H and O–H groups in total. The SMILES string of the molecule is Cc1cc(F)ccc1C1CCN(C(=O)Nc2c(C)nn(C)c2C)CC1. The molecule has 2 amide bonds. The van der Waals surface area contributed by atoms with Crippen LogP contribution in [0.3, 0.4) is 0 Å². The van der Waals surface area contributed by atoms with Crippen molar-refractivity contribution in [2.75, 3.05) is 18.4 Å². The molecule has 1 aromatic carbocycles. The lowest BCUT2D eigenvalue weighted by Gasteiger charge is -2.33. The van der Waals surface area contributed by atoms with Crippen LogP contribution in [0.2, 0.25) is 0 Å². The summed E-state index contributed by atoms with van der Waals surface area (Å²) in [6, 6.07) is 4.92. The number of anilines is 1. The van der Waals surface area contributed by atoms with Crippen molar-refractivity contribution >= 4 is 11.7 Å². The van der Waals surface area contributed by atoms with Gasteiger partial charge in [0.2, 0.25) is 0 Å². The number of hydrogen-bond acceptors (Lipinski definition) is 2. The molecular formula is C19H25FN4O. The highest BCUT2D eigenvalue weighted by Crippen LogP contribution is 2.31. The van der Waals surface area contributed by atoms with Gasteiger partial charge in [0, 0.05) is 20.1 Å². The number of benzene rings is 1. The lowest BCUT2D eigenvalue weighted by molar-refractivity contribution is 0.194. The van der Waals surface area contributed by atoms with Crippen molar-refractivity contribution < 1.29 is 9.18 Å². The summed E-state index contributed by atoms with van der Waals surface area (Å²) >= 11 is 0. The fourth-order valence-corrected chi connectivity index (χ4v) is 3.63. The van der Waals surface area contributed by atoms with Gasteiger partial charge in [-0.2, -0.15) is 5.10 Å². The molecule has 1 aliphatic rings. The Morgan fingerprint density at radius 1 is 1.24 bits per heavy atom. The van der Waals surface area contributed by atoms with Gasteiger partial charge in [-0.05, 0) is 62.8 Å². The van der Waals surface area contributed by atoms with Crippen LogP contribution >= 0.6 is 0 Å². The third kappa shape index (κ3) is 3.52. The Morgan fingerprint density at radius 2 is 1.92 bits per heavy atom. The molecule has 0 saturated carbocycles. The van der Waals surface area contributed by atoms with Gasteiger partial charge in [-0.1, -0.05) is 6.07 Å². The van der Waals surface area contributed by atoms with E-state index in [9.17, 15) is 9.18 Å². The first-order valence-electron chi connectivity index (χ1n) is 8.69. The predicted molar refractivity (Wildman–Crippen MR) is 96.4 cm³/mol. The summed E-state index contributed by atoms with van der Waals surface area (Å²) in [4.78, 5) is 14.4. The van der Waals surface area contributed by atoms with Crippen LogP contribution in [0.15, 0.2) is 18.2 Å². The minimum absolute atomic E-state index is 0.0755. The average molecular weight is 344 g/mol. The Morgan fingerprint density at radius 3 is 2.48 bits per heavy atom. The number of hydrogen-bond donors (Lipinski definition) is 1. The van der Waals surface area contributed by atoms with Gasteiger partial charge in [0.05, 0.1) is 17.1 Å². The lowest BCUT2D eigenvalue weighted by atomic mass is 9.87. The molecule has 0 spiro atoms. The summed E-state index contributed by atoms with van der Waals surface area (Å²) in [6.45, 7) is 7.19. The minimum Gasteiger partial charge on any atom is -0.324 e. The number of urea groups is 1. The van der Waals surface area contributed by atoms with Crippen molar-refractivity contribution in [3.05, 3.63) is 46.5 Å². The van der Waals surface area contributed by atoms with E-state index in [-0.39, 0.29) is 11.8 Å². The molecule has 6 heteroatoms. The molecule has 0 unspecified atom stereocenters. The van der Waals surface area contributed by atoms with E-state index in [1.165, 1.54) is 11.6 Å². The summed E-state index contributed by atoms with van der Waals surface area (Å²) in [5.41, 5.74) is 4.75. The molecule has 0 aliphatic carbocycles. The molecule has 1 saturated heterocycles. The van der Waals surface area contributed by atoms with E-state index in [0.717, 1.165) is 35.5 Å². The molecule has 25 heavy (non-hydrogen) atoms. The van der Waals surface area contributed by atoms with Gasteiger partial charge >= 0.3 is 6.03 Å². The van der Waals surface area contributed by atoms with Crippen LogP contribution in [-0.2, 0) is 7.05 Å². The molecular weight excluding hydrogens is 319 g/mol. The van der Waals surface area contributed by atoms with Crippen LogP contribution in [-0.4, -0.2) is 33.8 Å². The van der Waals surface area contributed by atoms with E-state index < -0.39 is 0 Å². The summed E-state index contributed by atoms with van der Waals surface area (Å²) in [5, 5.41) is 7.33. The second-order valence-corrected chi connectivity index (χ2v) is 6.86. The Labute approximate surface area is 147 Å². The second kappa shape index (κ2) is 6.86. The smallest absolute Gasteiger partial charge is 0.321 e. The van der Waals surface area contributed by atoms with Gasteiger partial charge in [-0.15, -0.1) is 0 Å². The number of piperidine rings is 1. The number of amides is 2. The molecule has 134 valence electrons. The largest absolute Gasteiger partial charge is 0.324 e. The fourth-order valence-electron chi connectivity index (χ4n) is 3.63. The van der Waals surface area contributed by atoms with Crippen LogP contribution in [0.5, 0.6) is 0 Å². The van der Waals surface area contributed by atoms with Crippen LogP contribution < -0.4 is 5.32 Å². The molecule has 0 bridgehead atoms. The number of nitrogens with zero attached hydrogens (tertiary/aromatic N) is 3. The Bertz CT molecular complexity index is 791. The predicted octanol–water partition coefficient (Wildman–Crippen LogP) is 3.90. The van der Waals surface area contributed by atoms with Crippen molar-refractivity contribution in [2.45, 2.75) is 39.5 Å². The van der Waals surface area contributed by atoms with Crippen LogP contribution in [0.1, 0.15) is 41.3 Å². The topological polar surface area (TPSA) is 50.2 Å². The summed E-state index contributed by atoms with van der Waals surface area (Å²) in [5.74, 6) is 0.187. The van der Waals surface area contributed by atoms with Crippen LogP contribution in [0.4, 0.5) is 14.9 Å². The Hall–Kier alpha value is -2.37. The molecule has 5 nitrogen and oxygen atoms in total. The quantitative estimate of drug-likeness (QED) is 0.898. The van der Waals surface area contributed by atoms with E-state index in [4.69, 9.17) is 0 Å². The molecule has 0 radical (unpaired) electrons. The average Bonchev–Trinajstić information content (AvgIpc) is 2.81. The molecule has 0 atom stereocenters. The highest BCUT2D eigenvalue weighted by atomic mass is 19.1. The van der Waals surface area contributed by atoms with Gasteiger partial charge in [-0.25, -0.2) is 9.18 Å². The summed E-state index contributed by atoms with van der Waals surface area (Å²) in [6.07, 6.45) is 1.79. The molecule has 1 aliphatic heterocycles. The zero-order valence-corrected chi connectivity index (χ0v) is 15.3. The maximum Gasteiger partial charge on any atom is 0.321 e. The fraction of sp³-hybridized carbons (Fsp3) is 0.474. The number of aromatic nitrogens is 2. The van der Waals surface area contributed by atoms with Crippen molar-refractivity contribution in [1.29, 1.82) is 0 Å². The normalized spacial score (nSPS) is 15.5. The number of aryl methyl sites for hydroxylation is 3. The maximum absolute atomic E-state index is 13.3. The first kappa shape index (κ1) is 17.5. The molecule has 1 aromatic heterocycles. The number of halogens is 1. The number of nitrogens with one attached hydrogen (secondary N) is 1. The van der Waals surface area contributed by atoms with E-state index in [0.29, 0.717) is 19.0 Å². The van der Waals surface area contributed by atoms with Crippen molar-refractivity contribution in [2.24, 2.45) is 7.05 Å². The maximum atomic E-state index is 13.3. The highest BCUT2D eigenvalue weighted by molar-refractivity contribution is 5.90. The summed E-state index contributed by atoms with van der Waals surface area (Å²) in [7, 11) is 1.87. The van der Waals surface area contributed by atoms with Crippen molar-refractivity contribution in [3.63, 3.8) is 0 Å². The molecule has 2 aromatic rings. The Balaban J connectivity index is 1.63. The third-order valence-corrected chi connectivity index (χ3v) is 5.19. The first-order valence-corrected chi connectivity index (χ1v) is 8.69. The van der Waals surface area contributed by atoms with Gasteiger partial charge < -0.3 is 10.2 Å². The van der Waals surface area contributed by atoms with Crippen LogP contribution in [0.25, 0.3) is 0 Å². The molecule has 2 heterocycles. The van der Waals surface area contributed by atoms with Gasteiger partial charge in [0.1, 0.15) is 5.82 Å². The first-order chi connectivity index (χ1) is 11.9. The summed E-state index contributed by atoms with van der Waals surface area (Å²) < 4.78 is 15.1. The monoisotopic (exact) mass is 344 g/mol.